The van der Waals surface area contributed by atoms with Crippen molar-refractivity contribution < 1.29 is 5.11 Å². The molecule has 1 rings (SSSR count). The van der Waals surface area contributed by atoms with Crippen LogP contribution in [0, 0.1) is 6.92 Å². The molecule has 17 heavy (non-hydrogen) atoms. The van der Waals surface area contributed by atoms with Gasteiger partial charge in [-0.2, -0.15) is 0 Å². The first-order chi connectivity index (χ1) is 8.12. The Labute approximate surface area is 109 Å². The molecule has 0 amide bonds. The van der Waals surface area contributed by atoms with E-state index < -0.39 is 0 Å². The summed E-state index contributed by atoms with van der Waals surface area (Å²) in [7, 11) is 2.65. The number of hydrogen-bond acceptors (Lipinski definition) is 1. The molecule has 1 aromatic rings. The number of benzene rings is 1. The van der Waals surface area contributed by atoms with E-state index in [-0.39, 0.29) is 0 Å². The van der Waals surface area contributed by atoms with Gasteiger partial charge >= 0.3 is 0 Å². The van der Waals surface area contributed by atoms with Gasteiger partial charge in [-0.25, -0.2) is 0 Å². The first kappa shape index (κ1) is 18.7. The number of hydrogen-bond donors (Lipinski definition) is 1. The molecule has 0 spiro atoms. The van der Waals surface area contributed by atoms with Gasteiger partial charge < -0.3 is 5.11 Å². The zero-order chi connectivity index (χ0) is 13.5. The molecule has 1 N–H and O–H groups in total. The van der Waals surface area contributed by atoms with Crippen LogP contribution in [0.1, 0.15) is 38.7 Å². The Morgan fingerprint density at radius 2 is 1.65 bits per heavy atom. The molecule has 0 aromatic heterocycles. The van der Waals surface area contributed by atoms with Crippen LogP contribution in [0.3, 0.4) is 0 Å². The SMILES string of the molecule is C=CCCC.CCCO.Cc1ccc(P)cc1. The van der Waals surface area contributed by atoms with Crippen molar-refractivity contribution in [3.63, 3.8) is 0 Å². The highest BCUT2D eigenvalue weighted by molar-refractivity contribution is 7.27. The van der Waals surface area contributed by atoms with E-state index in [9.17, 15) is 0 Å². The van der Waals surface area contributed by atoms with Gasteiger partial charge in [-0.05, 0) is 25.1 Å². The highest BCUT2D eigenvalue weighted by atomic mass is 31.0. The molecule has 0 saturated carbocycles. The van der Waals surface area contributed by atoms with Crippen LogP contribution in [0.15, 0.2) is 36.9 Å². The lowest BCUT2D eigenvalue weighted by Crippen LogP contribution is -1.85. The minimum absolute atomic E-state index is 0.319. The Kier molecular flexibility index (Phi) is 16.9. The smallest absolute Gasteiger partial charge is 0.0428 e. The first-order valence-electron chi connectivity index (χ1n) is 6.16. The summed E-state index contributed by atoms with van der Waals surface area (Å²) in [6.07, 6.45) is 5.18. The second kappa shape index (κ2) is 15.4. The molecule has 0 heterocycles. The van der Waals surface area contributed by atoms with Gasteiger partial charge in [0.2, 0.25) is 0 Å². The van der Waals surface area contributed by atoms with Crippen LogP contribution in [-0.2, 0) is 0 Å². The van der Waals surface area contributed by atoms with Crippen molar-refractivity contribution in [2.24, 2.45) is 0 Å². The molecule has 0 bridgehead atoms. The fourth-order valence-electron chi connectivity index (χ4n) is 0.771. The predicted octanol–water partition coefficient (Wildman–Crippen LogP) is 3.86. The van der Waals surface area contributed by atoms with Crippen LogP contribution in [0.4, 0.5) is 0 Å². The Morgan fingerprint density at radius 3 is 1.82 bits per heavy atom. The number of allylic oxidation sites excluding steroid dienone is 1. The van der Waals surface area contributed by atoms with E-state index in [1.54, 1.807) is 0 Å². The van der Waals surface area contributed by atoms with Crippen molar-refractivity contribution >= 4 is 14.5 Å². The number of aryl methyl sites for hydroxylation is 1. The third kappa shape index (κ3) is 17.9. The van der Waals surface area contributed by atoms with Gasteiger partial charge in [-0.15, -0.1) is 15.8 Å². The zero-order valence-corrected chi connectivity index (χ0v) is 12.6. The molecule has 1 atom stereocenters. The lowest BCUT2D eigenvalue weighted by Gasteiger charge is -1.89. The normalized spacial score (nSPS) is 8.29. The maximum atomic E-state index is 7.88. The van der Waals surface area contributed by atoms with Gasteiger partial charge in [0.05, 0.1) is 0 Å². The van der Waals surface area contributed by atoms with E-state index in [4.69, 9.17) is 5.11 Å². The van der Waals surface area contributed by atoms with E-state index in [1.807, 2.05) is 13.0 Å². The quantitative estimate of drug-likeness (QED) is 0.641. The lowest BCUT2D eigenvalue weighted by atomic mass is 10.2. The van der Waals surface area contributed by atoms with Crippen LogP contribution < -0.4 is 5.30 Å². The van der Waals surface area contributed by atoms with Crippen molar-refractivity contribution in [1.82, 2.24) is 0 Å². The van der Waals surface area contributed by atoms with Crippen LogP contribution in [-0.4, -0.2) is 11.7 Å². The van der Waals surface area contributed by atoms with Crippen LogP contribution in [0.2, 0.25) is 0 Å². The van der Waals surface area contributed by atoms with Gasteiger partial charge in [-0.3, -0.25) is 0 Å². The predicted molar refractivity (Wildman–Crippen MR) is 83.0 cm³/mol. The second-order valence-corrected chi connectivity index (χ2v) is 4.38. The molecule has 0 fully saturated rings. The summed E-state index contributed by atoms with van der Waals surface area (Å²) in [4.78, 5) is 0. The minimum Gasteiger partial charge on any atom is -0.396 e. The second-order valence-electron chi connectivity index (χ2n) is 3.71. The molecular formula is C15H27OP. The van der Waals surface area contributed by atoms with E-state index in [0.717, 1.165) is 12.8 Å². The highest BCUT2D eigenvalue weighted by Crippen LogP contribution is 1.94. The molecule has 1 aromatic carbocycles. The number of aliphatic hydroxyl groups excluding tert-OH is 1. The Morgan fingerprint density at radius 1 is 1.18 bits per heavy atom. The molecular weight excluding hydrogens is 227 g/mol. The monoisotopic (exact) mass is 254 g/mol. The molecule has 2 heteroatoms. The Balaban J connectivity index is 0. The summed E-state index contributed by atoms with van der Waals surface area (Å²) in [6, 6.07) is 8.37. The molecule has 0 saturated heterocycles. The first-order valence-corrected chi connectivity index (χ1v) is 6.73. The van der Waals surface area contributed by atoms with E-state index in [2.05, 4.69) is 53.9 Å². The summed E-state index contributed by atoms with van der Waals surface area (Å²) >= 11 is 0. The molecule has 1 unspecified atom stereocenters. The Hall–Kier alpha value is -0.650. The molecule has 0 aliphatic rings. The lowest BCUT2D eigenvalue weighted by molar-refractivity contribution is 0.295. The average molecular weight is 254 g/mol. The summed E-state index contributed by atoms with van der Waals surface area (Å²) in [5.41, 5.74) is 1.32. The largest absolute Gasteiger partial charge is 0.396 e. The molecule has 1 nitrogen and oxygen atoms in total. The van der Waals surface area contributed by atoms with Gasteiger partial charge in [0.25, 0.3) is 0 Å². The van der Waals surface area contributed by atoms with Gasteiger partial charge in [0, 0.05) is 6.61 Å². The topological polar surface area (TPSA) is 20.2 Å². The van der Waals surface area contributed by atoms with Crippen molar-refractivity contribution in [2.45, 2.75) is 40.0 Å². The number of unbranched alkanes of at least 4 members (excludes halogenated alkanes) is 1. The fourth-order valence-corrected chi connectivity index (χ4v) is 0.963. The van der Waals surface area contributed by atoms with E-state index in [0.29, 0.717) is 6.61 Å². The zero-order valence-electron chi connectivity index (χ0n) is 11.4. The van der Waals surface area contributed by atoms with E-state index >= 15 is 0 Å². The number of aliphatic hydroxyl groups is 1. The third-order valence-electron chi connectivity index (χ3n) is 1.79. The summed E-state index contributed by atoms with van der Waals surface area (Å²) in [5.74, 6) is 0. The summed E-state index contributed by atoms with van der Waals surface area (Å²) in [5, 5.41) is 9.12. The van der Waals surface area contributed by atoms with Crippen LogP contribution in [0.5, 0.6) is 0 Å². The third-order valence-corrected chi connectivity index (χ3v) is 2.18. The van der Waals surface area contributed by atoms with Crippen molar-refractivity contribution in [3.8, 4) is 0 Å². The molecule has 0 aliphatic carbocycles. The molecule has 0 aliphatic heterocycles. The van der Waals surface area contributed by atoms with Crippen molar-refractivity contribution in [1.29, 1.82) is 0 Å². The van der Waals surface area contributed by atoms with Gasteiger partial charge in [0.1, 0.15) is 0 Å². The Bertz CT molecular complexity index is 231. The fraction of sp³-hybridized carbons (Fsp3) is 0.467. The standard InChI is InChI=1S/C7H9P.C5H10.C3H8O/c1-6-2-4-7(8)5-3-6;1-3-5-4-2;1-2-3-4/h2-5H,8H2,1H3;3H,1,4-5H2,2H3;4H,2-3H2,1H3. The van der Waals surface area contributed by atoms with Crippen molar-refractivity contribution in [3.05, 3.63) is 42.5 Å². The van der Waals surface area contributed by atoms with Gasteiger partial charge in [0.15, 0.2) is 0 Å². The van der Waals surface area contributed by atoms with Crippen molar-refractivity contribution in [2.75, 3.05) is 6.61 Å². The highest BCUT2D eigenvalue weighted by Gasteiger charge is 1.80. The van der Waals surface area contributed by atoms with Crippen LogP contribution in [0.25, 0.3) is 0 Å². The maximum absolute atomic E-state index is 7.88. The van der Waals surface area contributed by atoms with E-state index in [1.165, 1.54) is 17.3 Å². The molecule has 98 valence electrons. The maximum Gasteiger partial charge on any atom is 0.0428 e. The van der Waals surface area contributed by atoms with Gasteiger partial charge in [-0.1, -0.05) is 56.2 Å². The summed E-state index contributed by atoms with van der Waals surface area (Å²) < 4.78 is 0. The minimum atomic E-state index is 0.319. The molecule has 0 radical (unpaired) electrons. The van der Waals surface area contributed by atoms with Crippen LogP contribution >= 0.6 is 9.24 Å². The summed E-state index contributed by atoms with van der Waals surface area (Å²) in [6.45, 7) is 10.0. The average Bonchev–Trinajstić information content (AvgIpc) is 2.35. The number of rotatable bonds is 3.